The molecule has 0 saturated heterocycles. The summed E-state index contributed by atoms with van der Waals surface area (Å²) in [5.74, 6) is 0. The summed E-state index contributed by atoms with van der Waals surface area (Å²) < 4.78 is 0. The van der Waals surface area contributed by atoms with E-state index in [4.69, 9.17) is 5.73 Å². The smallest absolute Gasteiger partial charge is 0.0709 e. The zero-order valence-electron chi connectivity index (χ0n) is 11.6. The van der Waals surface area contributed by atoms with Gasteiger partial charge in [0.25, 0.3) is 0 Å². The fourth-order valence-electron chi connectivity index (χ4n) is 1.77. The van der Waals surface area contributed by atoms with Gasteiger partial charge in [0.1, 0.15) is 0 Å². The van der Waals surface area contributed by atoms with Crippen molar-refractivity contribution >= 4 is 5.71 Å². The number of rotatable bonds is 2. The third-order valence-electron chi connectivity index (χ3n) is 2.97. The van der Waals surface area contributed by atoms with Gasteiger partial charge in [-0.1, -0.05) is 39.0 Å². The first-order chi connectivity index (χ1) is 7.77. The minimum Gasteiger partial charge on any atom is -0.317 e. The molecule has 1 aliphatic rings. The van der Waals surface area contributed by atoms with Gasteiger partial charge in [-0.25, -0.2) is 0 Å². The Labute approximate surface area is 105 Å². The predicted octanol–water partition coefficient (Wildman–Crippen LogP) is 3.61. The molecule has 0 radical (unpaired) electrons. The van der Waals surface area contributed by atoms with Gasteiger partial charge in [-0.2, -0.15) is 0 Å². The number of nitrogens with zero attached hydrogens (tertiary/aromatic N) is 1. The summed E-state index contributed by atoms with van der Waals surface area (Å²) in [5.41, 5.74) is 8.25. The van der Waals surface area contributed by atoms with Crippen molar-refractivity contribution in [3.05, 3.63) is 36.1 Å². The van der Waals surface area contributed by atoms with E-state index in [0.29, 0.717) is 0 Å². The summed E-state index contributed by atoms with van der Waals surface area (Å²) in [6, 6.07) is 0. The Bertz CT molecular complexity index is 388. The first-order valence-corrected chi connectivity index (χ1v) is 6.14. The van der Waals surface area contributed by atoms with E-state index in [2.05, 4.69) is 44.0 Å². The van der Waals surface area contributed by atoms with Crippen LogP contribution in [0.5, 0.6) is 0 Å². The van der Waals surface area contributed by atoms with Gasteiger partial charge >= 0.3 is 0 Å². The van der Waals surface area contributed by atoms with Crippen molar-refractivity contribution in [1.82, 2.24) is 0 Å². The largest absolute Gasteiger partial charge is 0.317 e. The van der Waals surface area contributed by atoms with E-state index in [1.807, 2.05) is 26.1 Å². The van der Waals surface area contributed by atoms with Crippen LogP contribution in [-0.2, 0) is 0 Å². The molecule has 0 aromatic rings. The molecule has 1 unspecified atom stereocenters. The minimum absolute atomic E-state index is 0.0999. The number of aliphatic imine (C=N–C) groups is 1. The average Bonchev–Trinajstić information content (AvgIpc) is 2.33. The standard InChI is InChI=1S/C15H24N2/c1-6-7-8-13-15(5,16)11-12(9-10-17-13)14(2,3)4/h6-7,9-11H,8,16H2,1-5H3/b7-6+. The Balaban J connectivity index is 3.07. The van der Waals surface area contributed by atoms with E-state index in [9.17, 15) is 0 Å². The predicted molar refractivity (Wildman–Crippen MR) is 76.1 cm³/mol. The third-order valence-corrected chi connectivity index (χ3v) is 2.97. The molecule has 0 spiro atoms. The summed E-state index contributed by atoms with van der Waals surface area (Å²) in [5, 5.41) is 0. The summed E-state index contributed by atoms with van der Waals surface area (Å²) in [6.45, 7) is 10.6. The van der Waals surface area contributed by atoms with Crippen LogP contribution in [0.4, 0.5) is 0 Å². The lowest BCUT2D eigenvalue weighted by Gasteiger charge is -2.26. The molecule has 0 bridgehead atoms. The lowest BCUT2D eigenvalue weighted by atomic mass is 9.82. The minimum atomic E-state index is -0.467. The highest BCUT2D eigenvalue weighted by Gasteiger charge is 2.27. The Morgan fingerprint density at radius 3 is 2.59 bits per heavy atom. The van der Waals surface area contributed by atoms with E-state index in [1.165, 1.54) is 5.57 Å². The maximum Gasteiger partial charge on any atom is 0.0709 e. The van der Waals surface area contributed by atoms with Gasteiger partial charge in [-0.3, -0.25) is 4.99 Å². The molecular weight excluding hydrogens is 208 g/mol. The second kappa shape index (κ2) is 5.01. The molecule has 1 heterocycles. The van der Waals surface area contributed by atoms with Crippen LogP contribution in [0.3, 0.4) is 0 Å². The van der Waals surface area contributed by atoms with Crippen LogP contribution in [0.2, 0.25) is 0 Å². The molecule has 2 N–H and O–H groups in total. The van der Waals surface area contributed by atoms with Crippen LogP contribution in [0, 0.1) is 5.41 Å². The highest BCUT2D eigenvalue weighted by molar-refractivity contribution is 5.96. The Morgan fingerprint density at radius 2 is 2.06 bits per heavy atom. The summed E-state index contributed by atoms with van der Waals surface area (Å²) in [4.78, 5) is 4.48. The molecule has 0 aliphatic carbocycles. The van der Waals surface area contributed by atoms with Crippen molar-refractivity contribution in [2.75, 3.05) is 0 Å². The molecule has 17 heavy (non-hydrogen) atoms. The van der Waals surface area contributed by atoms with Gasteiger partial charge < -0.3 is 5.73 Å². The average molecular weight is 232 g/mol. The monoisotopic (exact) mass is 232 g/mol. The van der Waals surface area contributed by atoms with Crippen LogP contribution in [-0.4, -0.2) is 11.3 Å². The molecule has 0 fully saturated rings. The number of hydrogen-bond donors (Lipinski definition) is 1. The van der Waals surface area contributed by atoms with Crippen LogP contribution in [0.15, 0.2) is 41.1 Å². The molecule has 1 rings (SSSR count). The Hall–Kier alpha value is -1.15. The van der Waals surface area contributed by atoms with E-state index in [0.717, 1.165) is 12.1 Å². The molecule has 2 heteroatoms. The molecule has 1 atom stereocenters. The number of allylic oxidation sites excluding steroid dienone is 4. The van der Waals surface area contributed by atoms with Gasteiger partial charge in [0.05, 0.1) is 5.54 Å². The summed E-state index contributed by atoms with van der Waals surface area (Å²) in [7, 11) is 0. The second-order valence-electron chi connectivity index (χ2n) is 5.80. The van der Waals surface area contributed by atoms with Crippen molar-refractivity contribution < 1.29 is 0 Å². The molecule has 94 valence electrons. The molecule has 0 aromatic heterocycles. The first kappa shape index (κ1) is 13.9. The molecule has 0 aromatic carbocycles. The van der Waals surface area contributed by atoms with Crippen molar-refractivity contribution in [2.24, 2.45) is 16.1 Å². The van der Waals surface area contributed by atoms with E-state index >= 15 is 0 Å². The number of hydrogen-bond acceptors (Lipinski definition) is 2. The lowest BCUT2D eigenvalue weighted by molar-refractivity contribution is 0.510. The fraction of sp³-hybridized carbons (Fsp3) is 0.533. The maximum absolute atomic E-state index is 6.37. The van der Waals surface area contributed by atoms with Crippen molar-refractivity contribution in [3.63, 3.8) is 0 Å². The van der Waals surface area contributed by atoms with Crippen LogP contribution in [0.25, 0.3) is 0 Å². The lowest BCUT2D eigenvalue weighted by Crippen LogP contribution is -2.43. The SMILES string of the molecule is C/C=C/CC1=NC=CC(C(C)(C)C)=CC1(C)N. The Kier molecular flexibility index (Phi) is 4.10. The third kappa shape index (κ3) is 3.67. The molecule has 0 amide bonds. The number of nitrogens with two attached hydrogens (primary N) is 1. The van der Waals surface area contributed by atoms with E-state index < -0.39 is 5.54 Å². The van der Waals surface area contributed by atoms with Crippen LogP contribution >= 0.6 is 0 Å². The second-order valence-corrected chi connectivity index (χ2v) is 5.80. The van der Waals surface area contributed by atoms with Gasteiger partial charge in [-0.15, -0.1) is 0 Å². The van der Waals surface area contributed by atoms with Gasteiger partial charge in [0, 0.05) is 18.3 Å². The molecular formula is C15H24N2. The van der Waals surface area contributed by atoms with Gasteiger partial charge in [0.2, 0.25) is 0 Å². The first-order valence-electron chi connectivity index (χ1n) is 6.14. The fourth-order valence-corrected chi connectivity index (χ4v) is 1.77. The summed E-state index contributed by atoms with van der Waals surface area (Å²) in [6.07, 6.45) is 11.0. The van der Waals surface area contributed by atoms with E-state index in [1.54, 1.807) is 0 Å². The molecule has 0 saturated carbocycles. The molecule has 1 aliphatic heterocycles. The van der Waals surface area contributed by atoms with Gasteiger partial charge in [-0.05, 0) is 30.9 Å². The normalized spacial score (nSPS) is 25.8. The zero-order valence-corrected chi connectivity index (χ0v) is 11.6. The molecule has 2 nitrogen and oxygen atoms in total. The van der Waals surface area contributed by atoms with Crippen LogP contribution in [0.1, 0.15) is 41.0 Å². The highest BCUT2D eigenvalue weighted by atomic mass is 14.8. The van der Waals surface area contributed by atoms with Crippen molar-refractivity contribution in [2.45, 2.75) is 46.6 Å². The Morgan fingerprint density at radius 1 is 1.41 bits per heavy atom. The van der Waals surface area contributed by atoms with Gasteiger partial charge in [0.15, 0.2) is 0 Å². The highest BCUT2D eigenvalue weighted by Crippen LogP contribution is 2.30. The van der Waals surface area contributed by atoms with Crippen LogP contribution < -0.4 is 5.73 Å². The van der Waals surface area contributed by atoms with Crippen molar-refractivity contribution in [3.8, 4) is 0 Å². The summed E-state index contributed by atoms with van der Waals surface area (Å²) >= 11 is 0. The van der Waals surface area contributed by atoms with Crippen molar-refractivity contribution in [1.29, 1.82) is 0 Å². The maximum atomic E-state index is 6.37. The topological polar surface area (TPSA) is 38.4 Å². The quantitative estimate of drug-likeness (QED) is 0.726. The van der Waals surface area contributed by atoms with E-state index in [-0.39, 0.29) is 5.41 Å². The zero-order chi connectivity index (χ0) is 13.1.